The van der Waals surface area contributed by atoms with Crippen LogP contribution in [0.3, 0.4) is 0 Å². The number of H-pyrrole nitrogens is 1. The number of nitrogens with zero attached hydrogens (tertiary/aromatic N) is 1. The average molecular weight is 317 g/mol. The summed E-state index contributed by atoms with van der Waals surface area (Å²) in [6.07, 6.45) is -1.32. The zero-order valence-corrected chi connectivity index (χ0v) is 11.6. The van der Waals surface area contributed by atoms with E-state index in [9.17, 15) is 25.2 Å². The lowest BCUT2D eigenvalue weighted by atomic mass is 10.0. The smallest absolute Gasteiger partial charge is 0.321 e. The quantitative estimate of drug-likeness (QED) is 0.274. The largest absolute Gasteiger partial charge is 0.480 e. The standard InChI is InChI=1S/C12H19N3O7/c16-3-8-9(17)10(18)12(21,22-8)4-14-7(11(19)20)1-6-2-13-5-15-6/h2,5,7-10,14,16-18,21H,1,3-4H2,(H,13,15)(H,19,20)/t7-,8+,9+,10-,12?/m0/s1. The molecule has 5 atom stereocenters. The molecule has 2 rings (SSSR count). The summed E-state index contributed by atoms with van der Waals surface area (Å²) in [4.78, 5) is 17.8. The molecule has 1 unspecified atom stereocenters. The van der Waals surface area contributed by atoms with Crippen LogP contribution < -0.4 is 5.32 Å². The molecule has 0 radical (unpaired) electrons. The van der Waals surface area contributed by atoms with Gasteiger partial charge in [-0.1, -0.05) is 0 Å². The fourth-order valence-electron chi connectivity index (χ4n) is 2.30. The fraction of sp³-hybridized carbons (Fsp3) is 0.667. The van der Waals surface area contributed by atoms with Gasteiger partial charge in [-0.15, -0.1) is 0 Å². The van der Waals surface area contributed by atoms with Crippen LogP contribution in [0.1, 0.15) is 5.69 Å². The number of imidazole rings is 1. The van der Waals surface area contributed by atoms with E-state index < -0.39 is 49.3 Å². The number of aliphatic hydroxyl groups excluding tert-OH is 3. The highest BCUT2D eigenvalue weighted by atomic mass is 16.7. The Hall–Kier alpha value is -1.56. The molecular weight excluding hydrogens is 298 g/mol. The zero-order chi connectivity index (χ0) is 16.3. The molecule has 0 amide bonds. The van der Waals surface area contributed by atoms with Crippen LogP contribution in [0.15, 0.2) is 12.5 Å². The second-order valence-corrected chi connectivity index (χ2v) is 5.17. The molecule has 2 heterocycles. The molecule has 124 valence electrons. The molecule has 1 saturated heterocycles. The summed E-state index contributed by atoms with van der Waals surface area (Å²) in [5, 5.41) is 50.3. The first kappa shape index (κ1) is 16.8. The molecule has 1 aromatic heterocycles. The molecule has 1 fully saturated rings. The number of aromatic amines is 1. The Morgan fingerprint density at radius 1 is 1.55 bits per heavy atom. The van der Waals surface area contributed by atoms with Gasteiger partial charge in [0.05, 0.1) is 19.5 Å². The van der Waals surface area contributed by atoms with E-state index in [0.717, 1.165) is 0 Å². The molecule has 10 heteroatoms. The Kier molecular flexibility index (Phi) is 5.11. The molecule has 0 bridgehead atoms. The SMILES string of the molecule is O=C(O)[C@H](Cc1cnc[nH]1)NCC1(O)O[C@H](CO)[C@@H](O)[C@@H]1O. The number of carboxylic acids is 1. The summed E-state index contributed by atoms with van der Waals surface area (Å²) in [6.45, 7) is -1.02. The normalized spacial score (nSPS) is 33.0. The Morgan fingerprint density at radius 3 is 2.77 bits per heavy atom. The number of ether oxygens (including phenoxy) is 1. The van der Waals surface area contributed by atoms with E-state index in [4.69, 9.17) is 9.84 Å². The zero-order valence-electron chi connectivity index (χ0n) is 11.6. The van der Waals surface area contributed by atoms with Gasteiger partial charge in [-0.2, -0.15) is 0 Å². The summed E-state index contributed by atoms with van der Waals surface area (Å²) in [6, 6.07) is -1.06. The van der Waals surface area contributed by atoms with Crippen LogP contribution in [0, 0.1) is 0 Å². The van der Waals surface area contributed by atoms with Crippen LogP contribution in [-0.2, 0) is 16.0 Å². The minimum absolute atomic E-state index is 0.0769. The molecule has 1 aromatic rings. The van der Waals surface area contributed by atoms with Gasteiger partial charge < -0.3 is 35.3 Å². The summed E-state index contributed by atoms with van der Waals surface area (Å²) in [7, 11) is 0. The van der Waals surface area contributed by atoms with Gasteiger partial charge in [0.1, 0.15) is 24.4 Å². The number of hydrogen-bond acceptors (Lipinski definition) is 8. The Labute approximate surface area is 125 Å². The minimum atomic E-state index is -2.19. The number of hydrogen-bond donors (Lipinski definition) is 7. The number of carbonyl (C=O) groups is 1. The molecule has 0 aliphatic carbocycles. The number of rotatable bonds is 7. The molecule has 0 spiro atoms. The predicted octanol–water partition coefficient (Wildman–Crippen LogP) is -3.20. The lowest BCUT2D eigenvalue weighted by Crippen LogP contribution is -2.54. The topological polar surface area (TPSA) is 168 Å². The van der Waals surface area contributed by atoms with E-state index in [1.54, 1.807) is 0 Å². The maximum atomic E-state index is 11.2. The van der Waals surface area contributed by atoms with Crippen molar-refractivity contribution in [3.8, 4) is 0 Å². The number of aliphatic hydroxyl groups is 4. The van der Waals surface area contributed by atoms with E-state index >= 15 is 0 Å². The van der Waals surface area contributed by atoms with E-state index in [1.165, 1.54) is 12.5 Å². The van der Waals surface area contributed by atoms with Crippen molar-refractivity contribution >= 4 is 5.97 Å². The molecule has 1 aliphatic heterocycles. The Morgan fingerprint density at radius 2 is 2.27 bits per heavy atom. The van der Waals surface area contributed by atoms with Crippen LogP contribution in [0.5, 0.6) is 0 Å². The molecule has 7 N–H and O–H groups in total. The number of aromatic nitrogens is 2. The van der Waals surface area contributed by atoms with Gasteiger partial charge in [-0.25, -0.2) is 4.98 Å². The van der Waals surface area contributed by atoms with E-state index in [0.29, 0.717) is 5.69 Å². The highest BCUT2D eigenvalue weighted by molar-refractivity contribution is 5.73. The summed E-state index contributed by atoms with van der Waals surface area (Å²) < 4.78 is 5.02. The van der Waals surface area contributed by atoms with Gasteiger partial charge in [-0.05, 0) is 0 Å². The van der Waals surface area contributed by atoms with Crippen molar-refractivity contribution in [3.05, 3.63) is 18.2 Å². The van der Waals surface area contributed by atoms with Crippen molar-refractivity contribution in [2.45, 2.75) is 36.6 Å². The van der Waals surface area contributed by atoms with E-state index in [1.807, 2.05) is 0 Å². The lowest BCUT2D eigenvalue weighted by molar-refractivity contribution is -0.227. The summed E-state index contributed by atoms with van der Waals surface area (Å²) >= 11 is 0. The highest BCUT2D eigenvalue weighted by Gasteiger charge is 2.53. The van der Waals surface area contributed by atoms with Crippen molar-refractivity contribution < 1.29 is 35.1 Å². The Balaban J connectivity index is 1.98. The minimum Gasteiger partial charge on any atom is -0.480 e. The maximum absolute atomic E-state index is 11.2. The first-order valence-corrected chi connectivity index (χ1v) is 6.68. The maximum Gasteiger partial charge on any atom is 0.321 e. The van der Waals surface area contributed by atoms with Crippen LogP contribution in [0.2, 0.25) is 0 Å². The third-order valence-corrected chi connectivity index (χ3v) is 3.58. The lowest BCUT2D eigenvalue weighted by Gasteiger charge is -2.28. The van der Waals surface area contributed by atoms with E-state index in [2.05, 4.69) is 15.3 Å². The first-order chi connectivity index (χ1) is 10.4. The van der Waals surface area contributed by atoms with Crippen LogP contribution >= 0.6 is 0 Å². The first-order valence-electron chi connectivity index (χ1n) is 6.68. The second kappa shape index (κ2) is 6.69. The predicted molar refractivity (Wildman–Crippen MR) is 70.6 cm³/mol. The van der Waals surface area contributed by atoms with Gasteiger partial charge in [0.25, 0.3) is 0 Å². The summed E-state index contributed by atoms with van der Waals surface area (Å²) in [5.74, 6) is -3.35. The van der Waals surface area contributed by atoms with Crippen LogP contribution in [-0.4, -0.2) is 84.8 Å². The molecule has 22 heavy (non-hydrogen) atoms. The molecule has 10 nitrogen and oxygen atoms in total. The van der Waals surface area contributed by atoms with Crippen molar-refractivity contribution in [1.29, 1.82) is 0 Å². The molecule has 0 aromatic carbocycles. The number of aliphatic carboxylic acids is 1. The van der Waals surface area contributed by atoms with Crippen molar-refractivity contribution in [3.63, 3.8) is 0 Å². The van der Waals surface area contributed by atoms with Gasteiger partial charge in [-0.3, -0.25) is 10.1 Å². The average Bonchev–Trinajstić information content (AvgIpc) is 3.06. The molecule has 1 aliphatic rings. The fourth-order valence-corrected chi connectivity index (χ4v) is 2.30. The Bertz CT molecular complexity index is 497. The summed E-state index contributed by atoms with van der Waals surface area (Å²) in [5.41, 5.74) is 0.577. The third kappa shape index (κ3) is 3.43. The van der Waals surface area contributed by atoms with Gasteiger partial charge in [0.2, 0.25) is 5.79 Å². The third-order valence-electron chi connectivity index (χ3n) is 3.58. The number of carboxylic acid groups (broad SMARTS) is 1. The van der Waals surface area contributed by atoms with Gasteiger partial charge in [0.15, 0.2) is 0 Å². The van der Waals surface area contributed by atoms with Gasteiger partial charge in [0, 0.05) is 18.3 Å². The van der Waals surface area contributed by atoms with Crippen molar-refractivity contribution in [2.75, 3.05) is 13.2 Å². The van der Waals surface area contributed by atoms with Crippen molar-refractivity contribution in [2.24, 2.45) is 0 Å². The molecular formula is C12H19N3O7. The van der Waals surface area contributed by atoms with E-state index in [-0.39, 0.29) is 6.42 Å². The van der Waals surface area contributed by atoms with Crippen LogP contribution in [0.25, 0.3) is 0 Å². The highest BCUT2D eigenvalue weighted by Crippen LogP contribution is 2.28. The van der Waals surface area contributed by atoms with Crippen molar-refractivity contribution in [1.82, 2.24) is 15.3 Å². The van der Waals surface area contributed by atoms with Crippen LogP contribution in [0.4, 0.5) is 0 Å². The molecule has 0 saturated carbocycles. The second-order valence-electron chi connectivity index (χ2n) is 5.17. The monoisotopic (exact) mass is 317 g/mol. The number of nitrogens with one attached hydrogen (secondary N) is 2. The van der Waals surface area contributed by atoms with Gasteiger partial charge >= 0.3 is 5.97 Å².